The van der Waals surface area contributed by atoms with Gasteiger partial charge in [-0.25, -0.2) is 0 Å². The van der Waals surface area contributed by atoms with Crippen LogP contribution >= 0.6 is 0 Å². The molecule has 0 aromatic heterocycles. The molecule has 0 aliphatic carbocycles. The summed E-state index contributed by atoms with van der Waals surface area (Å²) in [6.07, 6.45) is 0. The summed E-state index contributed by atoms with van der Waals surface area (Å²) >= 11 is 0. The Hall–Kier alpha value is -1.43. The molecule has 116 valence electrons. The Morgan fingerprint density at radius 3 is 2.33 bits per heavy atom. The highest BCUT2D eigenvalue weighted by Gasteiger charge is 2.27. The van der Waals surface area contributed by atoms with Crippen molar-refractivity contribution in [1.82, 2.24) is 9.80 Å². The Morgan fingerprint density at radius 1 is 1.24 bits per heavy atom. The minimum absolute atomic E-state index is 0.0240. The zero-order valence-electron chi connectivity index (χ0n) is 12.8. The van der Waals surface area contributed by atoms with Crippen molar-refractivity contribution in [1.29, 1.82) is 0 Å². The lowest BCUT2D eigenvalue weighted by Gasteiger charge is -2.38. The fourth-order valence-corrected chi connectivity index (χ4v) is 2.67. The van der Waals surface area contributed by atoms with Crippen LogP contribution in [0.25, 0.3) is 0 Å². The highest BCUT2D eigenvalue weighted by Crippen LogP contribution is 2.15. The van der Waals surface area contributed by atoms with Crippen molar-refractivity contribution in [3.8, 4) is 0 Å². The number of carbonyl (C=O) groups excluding carboxylic acids is 1. The van der Waals surface area contributed by atoms with E-state index in [0.717, 1.165) is 18.7 Å². The van der Waals surface area contributed by atoms with Crippen LogP contribution in [-0.2, 0) is 4.79 Å². The van der Waals surface area contributed by atoms with E-state index in [1.54, 1.807) is 13.8 Å². The topological polar surface area (TPSA) is 69.8 Å². The number of β-amino-alcohol motifs (C(OH)–C–C–N with tert-alkyl or cyclic N) is 1. The third-order valence-electron chi connectivity index (χ3n) is 3.72. The molecule has 1 fully saturated rings. The van der Waals surface area contributed by atoms with Crippen LogP contribution in [0.15, 0.2) is 30.3 Å². The van der Waals surface area contributed by atoms with Gasteiger partial charge in [0.2, 0.25) is 5.91 Å². The monoisotopic (exact) mass is 291 g/mol. The van der Waals surface area contributed by atoms with Crippen LogP contribution in [0.5, 0.6) is 0 Å². The number of nitrogens with zero attached hydrogens (tertiary/aromatic N) is 2. The molecule has 1 aliphatic rings. The van der Waals surface area contributed by atoms with Gasteiger partial charge in [-0.15, -0.1) is 0 Å². The summed E-state index contributed by atoms with van der Waals surface area (Å²) in [7, 11) is 0. The summed E-state index contributed by atoms with van der Waals surface area (Å²) in [4.78, 5) is 16.4. The van der Waals surface area contributed by atoms with Gasteiger partial charge in [0.15, 0.2) is 0 Å². The van der Waals surface area contributed by atoms with Crippen molar-refractivity contribution in [3.05, 3.63) is 35.9 Å². The maximum Gasteiger partial charge on any atom is 0.244 e. The van der Waals surface area contributed by atoms with Gasteiger partial charge in [-0.1, -0.05) is 30.3 Å². The fraction of sp³-hybridized carbons (Fsp3) is 0.562. The Balaban J connectivity index is 1.89. The van der Waals surface area contributed by atoms with Gasteiger partial charge in [-0.3, -0.25) is 9.69 Å². The van der Waals surface area contributed by atoms with Gasteiger partial charge < -0.3 is 15.7 Å². The third-order valence-corrected chi connectivity index (χ3v) is 3.72. The molecule has 3 N–H and O–H groups in total. The predicted octanol–water partition coefficient (Wildman–Crippen LogP) is 0.602. The highest BCUT2D eigenvalue weighted by molar-refractivity contribution is 5.83. The van der Waals surface area contributed by atoms with E-state index >= 15 is 0 Å². The molecular weight excluding hydrogens is 266 g/mol. The van der Waals surface area contributed by atoms with Crippen molar-refractivity contribution in [2.24, 2.45) is 5.73 Å². The molecule has 1 aromatic carbocycles. The molecule has 5 heteroatoms. The molecule has 5 nitrogen and oxygen atoms in total. The van der Waals surface area contributed by atoms with Gasteiger partial charge in [0.25, 0.3) is 0 Å². The molecule has 1 aromatic rings. The third kappa shape index (κ3) is 4.52. The Morgan fingerprint density at radius 2 is 1.81 bits per heavy atom. The Bertz CT molecular complexity index is 462. The van der Waals surface area contributed by atoms with Crippen molar-refractivity contribution in [2.45, 2.75) is 25.5 Å². The Labute approximate surface area is 126 Å². The quantitative estimate of drug-likeness (QED) is 0.852. The van der Waals surface area contributed by atoms with E-state index in [1.165, 1.54) is 0 Å². The van der Waals surface area contributed by atoms with E-state index in [-0.39, 0.29) is 5.91 Å². The normalized spacial score (nSPS) is 18.6. The van der Waals surface area contributed by atoms with Crippen molar-refractivity contribution < 1.29 is 9.90 Å². The van der Waals surface area contributed by atoms with Crippen LogP contribution in [0, 0.1) is 0 Å². The molecule has 0 spiro atoms. The van der Waals surface area contributed by atoms with Gasteiger partial charge in [0.1, 0.15) is 6.04 Å². The fourth-order valence-electron chi connectivity index (χ4n) is 2.67. The molecule has 2 rings (SSSR count). The van der Waals surface area contributed by atoms with Crippen molar-refractivity contribution in [3.63, 3.8) is 0 Å². The molecule has 1 heterocycles. The highest BCUT2D eigenvalue weighted by atomic mass is 16.3. The summed E-state index contributed by atoms with van der Waals surface area (Å²) in [5, 5.41) is 9.84. The second-order valence-corrected chi connectivity index (χ2v) is 6.30. The lowest BCUT2D eigenvalue weighted by atomic mass is 10.1. The van der Waals surface area contributed by atoms with Crippen LogP contribution in [-0.4, -0.2) is 59.1 Å². The number of amides is 1. The summed E-state index contributed by atoms with van der Waals surface area (Å²) in [5.74, 6) is -0.0240. The molecule has 0 bridgehead atoms. The molecule has 1 unspecified atom stereocenters. The summed E-state index contributed by atoms with van der Waals surface area (Å²) in [6, 6.07) is 8.87. The van der Waals surface area contributed by atoms with Crippen LogP contribution < -0.4 is 5.73 Å². The molecular formula is C16H25N3O2. The molecule has 21 heavy (non-hydrogen) atoms. The van der Waals surface area contributed by atoms with E-state index in [2.05, 4.69) is 4.90 Å². The van der Waals surface area contributed by atoms with Crippen LogP contribution in [0.3, 0.4) is 0 Å². The number of aliphatic hydroxyl groups is 1. The minimum atomic E-state index is -0.702. The lowest BCUT2D eigenvalue weighted by Crippen LogP contribution is -2.53. The van der Waals surface area contributed by atoms with E-state index in [0.29, 0.717) is 19.6 Å². The zero-order chi connectivity index (χ0) is 15.5. The molecule has 1 saturated heterocycles. The van der Waals surface area contributed by atoms with Crippen LogP contribution in [0.2, 0.25) is 0 Å². The second-order valence-electron chi connectivity index (χ2n) is 6.30. The number of hydrogen-bond donors (Lipinski definition) is 2. The first-order chi connectivity index (χ1) is 9.87. The first-order valence-corrected chi connectivity index (χ1v) is 7.41. The van der Waals surface area contributed by atoms with Gasteiger partial charge in [-0.05, 0) is 19.4 Å². The smallest absolute Gasteiger partial charge is 0.244 e. The second kappa shape index (κ2) is 6.56. The Kier molecular flexibility index (Phi) is 4.98. The van der Waals surface area contributed by atoms with Crippen LogP contribution in [0.4, 0.5) is 0 Å². The van der Waals surface area contributed by atoms with E-state index in [9.17, 15) is 9.90 Å². The maximum absolute atomic E-state index is 12.4. The number of carbonyl (C=O) groups is 1. The van der Waals surface area contributed by atoms with Crippen molar-refractivity contribution >= 4 is 5.91 Å². The SMILES string of the molecule is CC(C)(O)CN1CCN(C(=O)C(N)c2ccccc2)CC1. The summed E-state index contributed by atoms with van der Waals surface area (Å²) in [6.45, 7) is 7.10. The van der Waals surface area contributed by atoms with Gasteiger partial charge in [0, 0.05) is 32.7 Å². The van der Waals surface area contributed by atoms with Gasteiger partial charge in [0.05, 0.1) is 5.60 Å². The van der Waals surface area contributed by atoms with Crippen molar-refractivity contribution in [2.75, 3.05) is 32.7 Å². The van der Waals surface area contributed by atoms with Crippen LogP contribution in [0.1, 0.15) is 25.5 Å². The average Bonchev–Trinajstić information content (AvgIpc) is 2.46. The summed E-state index contributed by atoms with van der Waals surface area (Å²) in [5.41, 5.74) is 6.21. The first kappa shape index (κ1) is 15.9. The van der Waals surface area contributed by atoms with E-state index in [4.69, 9.17) is 5.73 Å². The largest absolute Gasteiger partial charge is 0.389 e. The van der Waals surface area contributed by atoms with Gasteiger partial charge in [-0.2, -0.15) is 0 Å². The number of rotatable bonds is 4. The number of piperazine rings is 1. The molecule has 0 radical (unpaired) electrons. The van der Waals surface area contributed by atoms with Gasteiger partial charge >= 0.3 is 0 Å². The maximum atomic E-state index is 12.4. The molecule has 1 amide bonds. The molecule has 1 aliphatic heterocycles. The molecule has 0 saturated carbocycles. The van der Waals surface area contributed by atoms with E-state index in [1.807, 2.05) is 35.2 Å². The average molecular weight is 291 g/mol. The number of hydrogen-bond acceptors (Lipinski definition) is 4. The zero-order valence-corrected chi connectivity index (χ0v) is 12.8. The lowest BCUT2D eigenvalue weighted by molar-refractivity contribution is -0.134. The molecule has 1 atom stereocenters. The predicted molar refractivity (Wildman–Crippen MR) is 82.7 cm³/mol. The van der Waals surface area contributed by atoms with E-state index < -0.39 is 11.6 Å². The number of nitrogens with two attached hydrogens (primary N) is 1. The number of benzene rings is 1. The summed E-state index contributed by atoms with van der Waals surface area (Å²) < 4.78 is 0. The first-order valence-electron chi connectivity index (χ1n) is 7.41. The standard InChI is InChI=1S/C16H25N3O2/c1-16(2,21)12-18-8-10-19(11-9-18)15(20)14(17)13-6-4-3-5-7-13/h3-7,14,21H,8-12,17H2,1-2H3. The minimum Gasteiger partial charge on any atom is -0.389 e.